The number of hydrogen-bond donors (Lipinski definition) is 2. The fourth-order valence-corrected chi connectivity index (χ4v) is 2.58. The Morgan fingerprint density at radius 1 is 1.08 bits per heavy atom. The predicted octanol–water partition coefficient (Wildman–Crippen LogP) is 2.92. The van der Waals surface area contributed by atoms with Gasteiger partial charge < -0.3 is 20.3 Å². The van der Waals surface area contributed by atoms with Crippen molar-refractivity contribution < 1.29 is 14.6 Å². The van der Waals surface area contributed by atoms with Gasteiger partial charge in [0.2, 0.25) is 0 Å². The number of nitrogens with zero attached hydrogens (tertiary/aromatic N) is 2. The fraction of sp³-hybridized carbons (Fsp3) is 0.176. The summed E-state index contributed by atoms with van der Waals surface area (Å²) in [6.45, 7) is 0.566. The first kappa shape index (κ1) is 16.5. The highest BCUT2D eigenvalue weighted by Crippen LogP contribution is 2.27. The number of nitrogen functional groups attached to an aromatic ring is 1. The van der Waals surface area contributed by atoms with Crippen molar-refractivity contribution >= 4 is 32.7 Å². The minimum Gasteiger partial charge on any atom is -0.488 e. The molecule has 0 aliphatic heterocycles. The maximum Gasteiger partial charge on any atom is 0.166 e. The molecule has 0 spiro atoms. The van der Waals surface area contributed by atoms with E-state index in [-0.39, 0.29) is 6.61 Å². The van der Waals surface area contributed by atoms with Crippen LogP contribution in [-0.4, -0.2) is 28.3 Å². The van der Waals surface area contributed by atoms with Crippen LogP contribution in [0.5, 0.6) is 11.5 Å². The van der Waals surface area contributed by atoms with Crippen LogP contribution in [0.4, 0.5) is 5.82 Å². The Morgan fingerprint density at radius 3 is 2.75 bits per heavy atom. The van der Waals surface area contributed by atoms with Gasteiger partial charge in [0.1, 0.15) is 19.0 Å². The zero-order chi connectivity index (χ0) is 16.9. The van der Waals surface area contributed by atoms with Crippen molar-refractivity contribution in [3.05, 3.63) is 52.8 Å². The number of fused-ring (bicyclic) bond motifs is 1. The third-order valence-corrected chi connectivity index (χ3v) is 3.82. The smallest absolute Gasteiger partial charge is 0.166 e. The first-order chi connectivity index (χ1) is 11.7. The highest BCUT2D eigenvalue weighted by Gasteiger charge is 2.06. The first-order valence-corrected chi connectivity index (χ1v) is 8.11. The summed E-state index contributed by atoms with van der Waals surface area (Å²) in [5.41, 5.74) is 7.44. The molecule has 3 N–H and O–H groups in total. The van der Waals surface area contributed by atoms with Crippen LogP contribution in [0.2, 0.25) is 0 Å². The zero-order valence-corrected chi connectivity index (χ0v) is 14.4. The second-order valence-electron chi connectivity index (χ2n) is 5.09. The van der Waals surface area contributed by atoms with Crippen LogP contribution in [0.3, 0.4) is 0 Å². The molecule has 0 bridgehead atoms. The molecule has 2 aromatic heterocycles. The van der Waals surface area contributed by atoms with E-state index < -0.39 is 0 Å². The van der Waals surface area contributed by atoms with Crippen molar-refractivity contribution in [1.29, 1.82) is 0 Å². The van der Waals surface area contributed by atoms with Gasteiger partial charge in [-0.25, -0.2) is 4.98 Å². The van der Waals surface area contributed by atoms with Gasteiger partial charge in [0.25, 0.3) is 0 Å². The van der Waals surface area contributed by atoms with Crippen molar-refractivity contribution in [3.63, 3.8) is 0 Å². The monoisotopic (exact) mass is 389 g/mol. The maximum atomic E-state index is 9.07. The second kappa shape index (κ2) is 7.46. The molecule has 0 aliphatic carbocycles. The SMILES string of the molecule is Nc1nc2ccc(Br)cc2cc1OCCOc1cncc(CO)c1. The Morgan fingerprint density at radius 2 is 1.92 bits per heavy atom. The van der Waals surface area contributed by atoms with E-state index in [0.717, 1.165) is 15.4 Å². The van der Waals surface area contributed by atoms with Gasteiger partial charge >= 0.3 is 0 Å². The van der Waals surface area contributed by atoms with Gasteiger partial charge in [-0.3, -0.25) is 4.98 Å². The topological polar surface area (TPSA) is 90.5 Å². The minimum absolute atomic E-state index is 0.0739. The summed E-state index contributed by atoms with van der Waals surface area (Å²) in [7, 11) is 0. The number of nitrogens with two attached hydrogens (primary N) is 1. The lowest BCUT2D eigenvalue weighted by molar-refractivity contribution is 0.216. The summed E-state index contributed by atoms with van der Waals surface area (Å²) < 4.78 is 12.2. The molecule has 0 saturated carbocycles. The van der Waals surface area contributed by atoms with E-state index in [1.165, 1.54) is 0 Å². The van der Waals surface area contributed by atoms with E-state index in [2.05, 4.69) is 25.9 Å². The van der Waals surface area contributed by atoms with Crippen molar-refractivity contribution in [2.45, 2.75) is 6.61 Å². The van der Waals surface area contributed by atoms with Crippen molar-refractivity contribution in [2.75, 3.05) is 18.9 Å². The lowest BCUT2D eigenvalue weighted by Gasteiger charge is -2.11. The Bertz CT molecular complexity index is 858. The molecule has 6 nitrogen and oxygen atoms in total. The quantitative estimate of drug-likeness (QED) is 0.629. The largest absolute Gasteiger partial charge is 0.488 e. The molecule has 24 heavy (non-hydrogen) atoms. The predicted molar refractivity (Wildman–Crippen MR) is 95.0 cm³/mol. The number of rotatable bonds is 6. The number of pyridine rings is 2. The van der Waals surface area contributed by atoms with Crippen LogP contribution in [0, 0.1) is 0 Å². The molecular weight excluding hydrogens is 374 g/mol. The van der Waals surface area contributed by atoms with E-state index >= 15 is 0 Å². The van der Waals surface area contributed by atoms with Crippen molar-refractivity contribution in [1.82, 2.24) is 9.97 Å². The summed E-state index contributed by atoms with van der Waals surface area (Å²) in [6.07, 6.45) is 3.17. The fourth-order valence-electron chi connectivity index (χ4n) is 2.20. The Hall–Kier alpha value is -2.38. The van der Waals surface area contributed by atoms with Crippen LogP contribution in [-0.2, 0) is 6.61 Å². The molecule has 124 valence electrons. The molecule has 3 rings (SSSR count). The highest BCUT2D eigenvalue weighted by molar-refractivity contribution is 9.10. The lowest BCUT2D eigenvalue weighted by Crippen LogP contribution is -2.10. The molecule has 0 atom stereocenters. The van der Waals surface area contributed by atoms with Gasteiger partial charge in [-0.05, 0) is 35.9 Å². The van der Waals surface area contributed by atoms with Crippen molar-refractivity contribution in [2.24, 2.45) is 0 Å². The van der Waals surface area contributed by atoms with Crippen molar-refractivity contribution in [3.8, 4) is 11.5 Å². The Kier molecular flexibility index (Phi) is 5.12. The van der Waals surface area contributed by atoms with Crippen LogP contribution in [0.25, 0.3) is 10.9 Å². The number of hydrogen-bond acceptors (Lipinski definition) is 6. The van der Waals surface area contributed by atoms with Crippen LogP contribution in [0.15, 0.2) is 47.2 Å². The van der Waals surface area contributed by atoms with E-state index in [1.54, 1.807) is 18.5 Å². The van der Waals surface area contributed by atoms with Crippen LogP contribution >= 0.6 is 15.9 Å². The molecule has 0 fully saturated rings. The number of ether oxygens (including phenoxy) is 2. The van der Waals surface area contributed by atoms with Gasteiger partial charge in [-0.15, -0.1) is 0 Å². The molecule has 0 unspecified atom stereocenters. The standard InChI is InChI=1S/C17H16BrN3O3/c18-13-1-2-15-12(6-13)7-16(17(19)21-15)24-4-3-23-14-5-11(10-22)8-20-9-14/h1-2,5-9,22H,3-4,10H2,(H2,19,21). The minimum atomic E-state index is -0.0739. The molecule has 2 heterocycles. The van der Waals surface area contributed by atoms with Crippen LogP contribution in [0.1, 0.15) is 5.56 Å². The number of aliphatic hydroxyl groups excluding tert-OH is 1. The summed E-state index contributed by atoms with van der Waals surface area (Å²) in [4.78, 5) is 8.32. The van der Waals surface area contributed by atoms with Gasteiger partial charge in [0, 0.05) is 16.1 Å². The molecule has 0 radical (unpaired) electrons. The third kappa shape index (κ3) is 3.93. The summed E-state index contributed by atoms with van der Waals surface area (Å²) in [5, 5.41) is 10.0. The van der Waals surface area contributed by atoms with E-state index in [4.69, 9.17) is 20.3 Å². The summed E-state index contributed by atoms with van der Waals surface area (Å²) in [5.74, 6) is 1.44. The first-order valence-electron chi connectivity index (χ1n) is 7.32. The number of anilines is 1. The average Bonchev–Trinajstić information content (AvgIpc) is 2.59. The number of aromatic nitrogens is 2. The highest BCUT2D eigenvalue weighted by atomic mass is 79.9. The number of benzene rings is 1. The second-order valence-corrected chi connectivity index (χ2v) is 6.01. The lowest BCUT2D eigenvalue weighted by atomic mass is 10.2. The molecule has 7 heteroatoms. The van der Waals surface area contributed by atoms with E-state index in [1.807, 2.05) is 24.3 Å². The maximum absolute atomic E-state index is 9.07. The molecule has 0 aliphatic rings. The Labute approximate surface area is 147 Å². The van der Waals surface area contributed by atoms with Gasteiger partial charge in [0.15, 0.2) is 11.6 Å². The molecule has 0 amide bonds. The average molecular weight is 390 g/mol. The summed E-state index contributed by atoms with van der Waals surface area (Å²) >= 11 is 3.43. The number of halogens is 1. The van der Waals surface area contributed by atoms with E-state index in [0.29, 0.717) is 36.1 Å². The van der Waals surface area contributed by atoms with E-state index in [9.17, 15) is 0 Å². The number of aliphatic hydroxyl groups is 1. The van der Waals surface area contributed by atoms with Gasteiger partial charge in [-0.2, -0.15) is 0 Å². The van der Waals surface area contributed by atoms with Crippen LogP contribution < -0.4 is 15.2 Å². The summed E-state index contributed by atoms with van der Waals surface area (Å²) in [6, 6.07) is 9.35. The molecular formula is C17H16BrN3O3. The zero-order valence-electron chi connectivity index (χ0n) is 12.8. The normalized spacial score (nSPS) is 10.8. The van der Waals surface area contributed by atoms with Gasteiger partial charge in [0.05, 0.1) is 18.3 Å². The van der Waals surface area contributed by atoms with Gasteiger partial charge in [-0.1, -0.05) is 15.9 Å². The molecule has 1 aromatic carbocycles. The Balaban J connectivity index is 1.62. The molecule has 3 aromatic rings. The third-order valence-electron chi connectivity index (χ3n) is 3.33. The molecule has 0 saturated heterocycles.